The van der Waals surface area contributed by atoms with Crippen molar-refractivity contribution in [1.29, 1.82) is 0 Å². The first-order valence-electron chi connectivity index (χ1n) is 10.6. The second-order valence-electron chi connectivity index (χ2n) is 7.40. The highest BCUT2D eigenvalue weighted by atomic mass is 16.5. The number of para-hydroxylation sites is 1. The van der Waals surface area contributed by atoms with Crippen LogP contribution in [0.1, 0.15) is 54.2 Å². The Morgan fingerprint density at radius 2 is 1.84 bits per heavy atom. The largest absolute Gasteiger partial charge is 0.493 e. The molecule has 0 aliphatic heterocycles. The molecule has 7 heteroatoms. The Bertz CT molecular complexity index is 943. The van der Waals surface area contributed by atoms with Crippen molar-refractivity contribution in [2.24, 2.45) is 0 Å². The van der Waals surface area contributed by atoms with Crippen LogP contribution in [0.5, 0.6) is 5.75 Å². The van der Waals surface area contributed by atoms with Crippen LogP contribution in [0.25, 0.3) is 0 Å². The Balaban J connectivity index is 1.49. The van der Waals surface area contributed by atoms with Gasteiger partial charge in [0.05, 0.1) is 18.2 Å². The fourth-order valence-corrected chi connectivity index (χ4v) is 3.67. The highest BCUT2D eigenvalue weighted by Crippen LogP contribution is 2.29. The molecule has 1 aliphatic rings. The number of aryl methyl sites for hydroxylation is 1. The van der Waals surface area contributed by atoms with Gasteiger partial charge in [0.2, 0.25) is 0 Å². The molecule has 2 aromatic rings. The van der Waals surface area contributed by atoms with Gasteiger partial charge in [-0.2, -0.15) is 0 Å². The van der Waals surface area contributed by atoms with Gasteiger partial charge in [0.15, 0.2) is 6.10 Å². The number of carbonyl (C=O) groups excluding carboxylic acids is 3. The summed E-state index contributed by atoms with van der Waals surface area (Å²) in [5.74, 6) is -1.05. The van der Waals surface area contributed by atoms with E-state index >= 15 is 0 Å². The van der Waals surface area contributed by atoms with Crippen molar-refractivity contribution >= 4 is 17.8 Å². The predicted octanol–water partition coefficient (Wildman–Crippen LogP) is 2.94. The molecular formula is C24H28N2O5. The van der Waals surface area contributed by atoms with E-state index in [2.05, 4.69) is 16.7 Å². The second kappa shape index (κ2) is 10.6. The molecule has 0 unspecified atom stereocenters. The Morgan fingerprint density at radius 3 is 2.65 bits per heavy atom. The van der Waals surface area contributed by atoms with E-state index in [0.717, 1.165) is 24.8 Å². The van der Waals surface area contributed by atoms with Crippen LogP contribution in [0.4, 0.5) is 0 Å². The van der Waals surface area contributed by atoms with Crippen LogP contribution in [0.15, 0.2) is 48.5 Å². The number of hydrogen-bond acceptors (Lipinski definition) is 5. The van der Waals surface area contributed by atoms with E-state index in [-0.39, 0.29) is 18.5 Å². The fraction of sp³-hybridized carbons (Fsp3) is 0.375. The standard InChI is InChI=1S/C24H28N2O5/c1-3-30-21-14-7-6-12-19(21)24(29)25-15-22(27)31-16(2)23(28)26-20-13-8-10-17-9-4-5-11-18(17)20/h4-7,9,11-12,14,16,20H,3,8,10,13,15H2,1-2H3,(H,25,29)(H,26,28)/t16-,20+/m1/s1. The summed E-state index contributed by atoms with van der Waals surface area (Å²) in [5, 5.41) is 5.48. The van der Waals surface area contributed by atoms with Crippen LogP contribution in [-0.4, -0.2) is 37.0 Å². The minimum absolute atomic E-state index is 0.0895. The van der Waals surface area contributed by atoms with Crippen LogP contribution >= 0.6 is 0 Å². The summed E-state index contributed by atoms with van der Waals surface area (Å²) in [6, 6.07) is 14.7. The molecule has 0 fully saturated rings. The van der Waals surface area contributed by atoms with Gasteiger partial charge in [-0.1, -0.05) is 36.4 Å². The molecule has 0 aromatic heterocycles. The zero-order valence-corrected chi connectivity index (χ0v) is 17.9. The quantitative estimate of drug-likeness (QED) is 0.636. The topological polar surface area (TPSA) is 93.7 Å². The van der Waals surface area contributed by atoms with Gasteiger partial charge >= 0.3 is 5.97 Å². The molecule has 0 heterocycles. The Morgan fingerprint density at radius 1 is 1.10 bits per heavy atom. The van der Waals surface area contributed by atoms with Gasteiger partial charge in [0.1, 0.15) is 12.3 Å². The smallest absolute Gasteiger partial charge is 0.326 e. The third kappa shape index (κ3) is 5.84. The van der Waals surface area contributed by atoms with E-state index < -0.39 is 18.0 Å². The lowest BCUT2D eigenvalue weighted by atomic mass is 9.87. The van der Waals surface area contributed by atoms with Crippen molar-refractivity contribution in [1.82, 2.24) is 10.6 Å². The lowest BCUT2D eigenvalue weighted by Gasteiger charge is -2.27. The number of esters is 1. The number of rotatable bonds is 8. The van der Waals surface area contributed by atoms with Gasteiger partial charge in [-0.3, -0.25) is 14.4 Å². The van der Waals surface area contributed by atoms with Crippen molar-refractivity contribution in [3.63, 3.8) is 0 Å². The summed E-state index contributed by atoms with van der Waals surface area (Å²) < 4.78 is 10.6. The summed E-state index contributed by atoms with van der Waals surface area (Å²) in [6.07, 6.45) is 1.87. The third-order valence-corrected chi connectivity index (χ3v) is 5.19. The molecule has 0 saturated heterocycles. The SMILES string of the molecule is CCOc1ccccc1C(=O)NCC(=O)O[C@H](C)C(=O)N[C@H]1CCCc2ccccc21. The number of fused-ring (bicyclic) bond motifs is 1. The molecule has 0 spiro atoms. The molecule has 0 saturated carbocycles. The third-order valence-electron chi connectivity index (χ3n) is 5.19. The Kier molecular flexibility index (Phi) is 7.65. The molecule has 7 nitrogen and oxygen atoms in total. The van der Waals surface area contributed by atoms with Crippen molar-refractivity contribution < 1.29 is 23.9 Å². The van der Waals surface area contributed by atoms with Gasteiger partial charge < -0.3 is 20.1 Å². The van der Waals surface area contributed by atoms with Crippen molar-refractivity contribution in [3.05, 3.63) is 65.2 Å². The lowest BCUT2D eigenvalue weighted by molar-refractivity contribution is -0.154. The molecule has 2 atom stereocenters. The molecule has 31 heavy (non-hydrogen) atoms. The van der Waals surface area contributed by atoms with Crippen LogP contribution in [0.2, 0.25) is 0 Å². The summed E-state index contributed by atoms with van der Waals surface area (Å²) in [5.41, 5.74) is 2.68. The van der Waals surface area contributed by atoms with Gasteiger partial charge in [-0.15, -0.1) is 0 Å². The summed E-state index contributed by atoms with van der Waals surface area (Å²) >= 11 is 0. The fourth-order valence-electron chi connectivity index (χ4n) is 3.67. The number of amides is 2. The average molecular weight is 424 g/mol. The number of nitrogens with one attached hydrogen (secondary N) is 2. The molecule has 3 rings (SSSR count). The predicted molar refractivity (Wildman–Crippen MR) is 116 cm³/mol. The number of benzene rings is 2. The van der Waals surface area contributed by atoms with E-state index in [1.54, 1.807) is 24.3 Å². The van der Waals surface area contributed by atoms with Crippen molar-refractivity contribution in [3.8, 4) is 5.75 Å². The molecular weight excluding hydrogens is 396 g/mol. The molecule has 0 bridgehead atoms. The van der Waals surface area contributed by atoms with Gasteiger partial charge in [0, 0.05) is 0 Å². The van der Waals surface area contributed by atoms with E-state index in [9.17, 15) is 14.4 Å². The summed E-state index contributed by atoms with van der Waals surface area (Å²) in [4.78, 5) is 37.1. The molecule has 0 radical (unpaired) electrons. The van der Waals surface area contributed by atoms with E-state index in [1.807, 2.05) is 25.1 Å². The normalized spacial score (nSPS) is 15.9. The first-order chi connectivity index (χ1) is 15.0. The maximum Gasteiger partial charge on any atom is 0.326 e. The molecule has 2 N–H and O–H groups in total. The number of ether oxygens (including phenoxy) is 2. The van der Waals surface area contributed by atoms with Gasteiger partial charge in [-0.25, -0.2) is 0 Å². The summed E-state index contributed by atoms with van der Waals surface area (Å²) in [7, 11) is 0. The average Bonchev–Trinajstić information content (AvgIpc) is 2.78. The Labute approximate surface area is 182 Å². The van der Waals surface area contributed by atoms with E-state index in [1.165, 1.54) is 12.5 Å². The van der Waals surface area contributed by atoms with Crippen LogP contribution in [-0.2, 0) is 20.7 Å². The zero-order chi connectivity index (χ0) is 22.2. The van der Waals surface area contributed by atoms with Gasteiger partial charge in [-0.05, 0) is 56.4 Å². The summed E-state index contributed by atoms with van der Waals surface area (Å²) in [6.45, 7) is 3.42. The minimum atomic E-state index is -0.964. The van der Waals surface area contributed by atoms with E-state index in [0.29, 0.717) is 17.9 Å². The van der Waals surface area contributed by atoms with Gasteiger partial charge in [0.25, 0.3) is 11.8 Å². The van der Waals surface area contributed by atoms with Crippen molar-refractivity contribution in [2.75, 3.05) is 13.2 Å². The van der Waals surface area contributed by atoms with Crippen molar-refractivity contribution in [2.45, 2.75) is 45.3 Å². The second-order valence-corrected chi connectivity index (χ2v) is 7.40. The zero-order valence-electron chi connectivity index (χ0n) is 17.9. The van der Waals surface area contributed by atoms with Crippen LogP contribution in [0, 0.1) is 0 Å². The number of carbonyl (C=O) groups is 3. The first-order valence-corrected chi connectivity index (χ1v) is 10.6. The minimum Gasteiger partial charge on any atom is -0.493 e. The molecule has 2 aromatic carbocycles. The number of hydrogen-bond donors (Lipinski definition) is 2. The first kappa shape index (κ1) is 22.3. The maximum atomic E-state index is 12.5. The molecule has 164 valence electrons. The van der Waals surface area contributed by atoms with Crippen LogP contribution in [0.3, 0.4) is 0 Å². The monoisotopic (exact) mass is 424 g/mol. The van der Waals surface area contributed by atoms with Crippen LogP contribution < -0.4 is 15.4 Å². The Hall–Kier alpha value is -3.35. The maximum absolute atomic E-state index is 12.5. The molecule has 2 amide bonds. The highest BCUT2D eigenvalue weighted by Gasteiger charge is 2.25. The highest BCUT2D eigenvalue weighted by molar-refractivity contribution is 5.98. The lowest BCUT2D eigenvalue weighted by Crippen LogP contribution is -2.41. The molecule has 1 aliphatic carbocycles. The van der Waals surface area contributed by atoms with E-state index in [4.69, 9.17) is 9.47 Å².